The number of rotatable bonds is 4. The van der Waals surface area contributed by atoms with Crippen LogP contribution < -0.4 is 5.32 Å². The second-order valence-corrected chi connectivity index (χ2v) is 7.26. The van der Waals surface area contributed by atoms with Gasteiger partial charge in [-0.2, -0.15) is 13.2 Å². The van der Waals surface area contributed by atoms with Crippen LogP contribution >= 0.6 is 12.4 Å². The molecule has 0 spiro atoms. The number of alkyl halides is 3. The van der Waals surface area contributed by atoms with Crippen LogP contribution in [-0.4, -0.2) is 61.0 Å². The van der Waals surface area contributed by atoms with Crippen molar-refractivity contribution in [1.82, 2.24) is 15.1 Å². The Morgan fingerprint density at radius 3 is 2.56 bits per heavy atom. The highest BCUT2D eigenvalue weighted by molar-refractivity contribution is 5.85. The van der Waals surface area contributed by atoms with Crippen LogP contribution in [0.3, 0.4) is 0 Å². The minimum absolute atomic E-state index is 0. The topological polar surface area (TPSA) is 35.6 Å². The van der Waals surface area contributed by atoms with E-state index in [9.17, 15) is 18.0 Å². The van der Waals surface area contributed by atoms with E-state index < -0.39 is 17.7 Å². The molecule has 8 heteroatoms. The Bertz CT molecular complexity index is 635. The largest absolute Gasteiger partial charge is 0.416 e. The zero-order valence-corrected chi connectivity index (χ0v) is 16.3. The molecule has 2 aliphatic heterocycles. The summed E-state index contributed by atoms with van der Waals surface area (Å²) >= 11 is 0. The average Bonchev–Trinajstić information content (AvgIpc) is 3.12. The number of nitrogens with one attached hydrogen (secondary N) is 1. The molecule has 4 nitrogen and oxygen atoms in total. The summed E-state index contributed by atoms with van der Waals surface area (Å²) in [6.45, 7) is 7.00. The number of nitrogens with zero attached hydrogens (tertiary/aromatic N) is 2. The molecule has 2 saturated heterocycles. The summed E-state index contributed by atoms with van der Waals surface area (Å²) in [5, 5.41) is 3.32. The number of benzene rings is 1. The fourth-order valence-corrected chi connectivity index (χ4v) is 4.00. The maximum atomic E-state index is 13.2. The summed E-state index contributed by atoms with van der Waals surface area (Å²) in [5.41, 5.74) is -0.438. The Morgan fingerprint density at radius 2 is 1.89 bits per heavy atom. The molecule has 1 amide bonds. The molecule has 0 aliphatic carbocycles. The second kappa shape index (κ2) is 9.26. The van der Waals surface area contributed by atoms with Crippen LogP contribution in [0.2, 0.25) is 0 Å². The summed E-state index contributed by atoms with van der Waals surface area (Å²) in [5.74, 6) is -0.509. The maximum absolute atomic E-state index is 13.2. The molecule has 0 saturated carbocycles. The van der Waals surface area contributed by atoms with Gasteiger partial charge >= 0.3 is 6.18 Å². The van der Waals surface area contributed by atoms with E-state index in [4.69, 9.17) is 0 Å². The molecular weight excluding hydrogens is 379 g/mol. The van der Waals surface area contributed by atoms with Gasteiger partial charge < -0.3 is 10.2 Å². The second-order valence-electron chi connectivity index (χ2n) is 7.26. The van der Waals surface area contributed by atoms with E-state index in [1.165, 1.54) is 12.1 Å². The molecule has 0 bridgehead atoms. The first-order valence-electron chi connectivity index (χ1n) is 9.25. The Hall–Kier alpha value is -1.31. The number of carbonyl (C=O) groups is 1. The molecule has 0 aromatic heterocycles. The van der Waals surface area contributed by atoms with Gasteiger partial charge in [-0.3, -0.25) is 9.69 Å². The molecular formula is C19H27ClF3N3O. The summed E-state index contributed by atoms with van der Waals surface area (Å²) in [7, 11) is 0. The number of likely N-dealkylation sites (tertiary alicyclic amines) is 1. The number of piperazine rings is 1. The van der Waals surface area contributed by atoms with Crippen molar-refractivity contribution in [3.8, 4) is 0 Å². The van der Waals surface area contributed by atoms with Gasteiger partial charge in [0.05, 0.1) is 5.56 Å². The molecule has 152 valence electrons. The maximum Gasteiger partial charge on any atom is 0.416 e. The highest BCUT2D eigenvalue weighted by Crippen LogP contribution is 2.36. The molecule has 2 fully saturated rings. The van der Waals surface area contributed by atoms with E-state index in [1.807, 2.05) is 4.90 Å². The predicted molar refractivity (Wildman–Crippen MR) is 101 cm³/mol. The first kappa shape index (κ1) is 22.0. The molecule has 0 radical (unpaired) electrons. The van der Waals surface area contributed by atoms with E-state index in [1.54, 1.807) is 13.0 Å². The minimum Gasteiger partial charge on any atom is -0.341 e. The van der Waals surface area contributed by atoms with Crippen molar-refractivity contribution < 1.29 is 18.0 Å². The zero-order valence-electron chi connectivity index (χ0n) is 15.5. The van der Waals surface area contributed by atoms with Crippen LogP contribution in [0.25, 0.3) is 0 Å². The Morgan fingerprint density at radius 1 is 1.22 bits per heavy atom. The number of halogens is 4. The van der Waals surface area contributed by atoms with Crippen LogP contribution in [0.1, 0.15) is 36.8 Å². The predicted octanol–water partition coefficient (Wildman–Crippen LogP) is 3.13. The van der Waals surface area contributed by atoms with E-state index in [2.05, 4.69) is 10.2 Å². The molecule has 2 aliphatic rings. The van der Waals surface area contributed by atoms with E-state index in [0.29, 0.717) is 19.1 Å². The van der Waals surface area contributed by atoms with Crippen LogP contribution in [0, 0.1) is 0 Å². The molecule has 1 N–H and O–H groups in total. The first-order chi connectivity index (χ1) is 12.4. The molecule has 3 rings (SSSR count). The highest BCUT2D eigenvalue weighted by atomic mass is 35.5. The lowest BCUT2D eigenvalue weighted by Crippen LogP contribution is -2.49. The average molecular weight is 406 g/mol. The summed E-state index contributed by atoms with van der Waals surface area (Å²) in [4.78, 5) is 16.9. The van der Waals surface area contributed by atoms with Crippen molar-refractivity contribution in [2.45, 2.75) is 37.9 Å². The summed E-state index contributed by atoms with van der Waals surface area (Å²) in [6, 6.07) is 5.93. The standard InChI is InChI=1S/C19H26F3N3O.ClH/c1-14(16-4-2-3-5-17(16)19(20,21)22)12-18(26)25-9-6-15(13-25)24-10-7-23-8-11-24;/h2-5,14-15,23H,6-13H2,1H3;1H. The number of carbonyl (C=O) groups excluding carboxylic acids is 1. The number of amides is 1. The summed E-state index contributed by atoms with van der Waals surface area (Å²) < 4.78 is 39.6. The molecule has 2 atom stereocenters. The van der Waals surface area contributed by atoms with Gasteiger partial charge in [-0.05, 0) is 24.0 Å². The Kier molecular flexibility index (Phi) is 7.54. The van der Waals surface area contributed by atoms with Gasteiger partial charge in [0.2, 0.25) is 5.91 Å². The fourth-order valence-electron chi connectivity index (χ4n) is 4.00. The zero-order chi connectivity index (χ0) is 18.7. The first-order valence-corrected chi connectivity index (χ1v) is 9.25. The normalized spacial score (nSPS) is 22.4. The molecule has 2 heterocycles. The molecule has 27 heavy (non-hydrogen) atoms. The van der Waals surface area contributed by atoms with Crippen molar-refractivity contribution in [2.75, 3.05) is 39.3 Å². The molecule has 1 aromatic rings. The van der Waals surface area contributed by atoms with Crippen molar-refractivity contribution >= 4 is 18.3 Å². The van der Waals surface area contributed by atoms with E-state index in [-0.39, 0.29) is 30.3 Å². The van der Waals surface area contributed by atoms with Crippen LogP contribution in [-0.2, 0) is 11.0 Å². The van der Waals surface area contributed by atoms with E-state index >= 15 is 0 Å². The molecule has 1 aromatic carbocycles. The fraction of sp³-hybridized carbons (Fsp3) is 0.632. The van der Waals surface area contributed by atoms with Gasteiger partial charge in [-0.25, -0.2) is 0 Å². The minimum atomic E-state index is -4.39. The van der Waals surface area contributed by atoms with Crippen LogP contribution in [0.15, 0.2) is 24.3 Å². The van der Waals surface area contributed by atoms with Gasteiger partial charge in [0.1, 0.15) is 0 Å². The lowest BCUT2D eigenvalue weighted by Gasteiger charge is -2.32. The van der Waals surface area contributed by atoms with Gasteiger partial charge in [-0.1, -0.05) is 25.1 Å². The third kappa shape index (κ3) is 5.36. The highest BCUT2D eigenvalue weighted by Gasteiger charge is 2.35. The van der Waals surface area contributed by atoms with Crippen LogP contribution in [0.5, 0.6) is 0 Å². The number of hydrogen-bond acceptors (Lipinski definition) is 3. The lowest BCUT2D eigenvalue weighted by molar-refractivity contribution is -0.139. The molecule has 2 unspecified atom stereocenters. The smallest absolute Gasteiger partial charge is 0.341 e. The number of hydrogen-bond donors (Lipinski definition) is 1. The third-order valence-electron chi connectivity index (χ3n) is 5.46. The van der Waals surface area contributed by atoms with Gasteiger partial charge in [0.15, 0.2) is 0 Å². The third-order valence-corrected chi connectivity index (χ3v) is 5.46. The lowest BCUT2D eigenvalue weighted by atomic mass is 9.92. The Balaban J connectivity index is 0.00000261. The van der Waals surface area contributed by atoms with E-state index in [0.717, 1.165) is 38.7 Å². The van der Waals surface area contributed by atoms with Crippen molar-refractivity contribution in [3.63, 3.8) is 0 Å². The van der Waals surface area contributed by atoms with Crippen LogP contribution in [0.4, 0.5) is 13.2 Å². The monoisotopic (exact) mass is 405 g/mol. The van der Waals surface area contributed by atoms with Gasteiger partial charge in [0, 0.05) is 51.7 Å². The van der Waals surface area contributed by atoms with Gasteiger partial charge in [0.25, 0.3) is 0 Å². The van der Waals surface area contributed by atoms with Crippen molar-refractivity contribution in [3.05, 3.63) is 35.4 Å². The quantitative estimate of drug-likeness (QED) is 0.836. The van der Waals surface area contributed by atoms with Crippen molar-refractivity contribution in [1.29, 1.82) is 0 Å². The van der Waals surface area contributed by atoms with Gasteiger partial charge in [-0.15, -0.1) is 12.4 Å². The Labute approximate surface area is 164 Å². The van der Waals surface area contributed by atoms with Crippen molar-refractivity contribution in [2.24, 2.45) is 0 Å². The summed E-state index contributed by atoms with van der Waals surface area (Å²) in [6.07, 6.45) is -3.34. The SMILES string of the molecule is CC(CC(=O)N1CCC(N2CCNCC2)C1)c1ccccc1C(F)(F)F.Cl.